The summed E-state index contributed by atoms with van der Waals surface area (Å²) in [6, 6.07) is 2.26. The van der Waals surface area contributed by atoms with Crippen LogP contribution in [-0.4, -0.2) is 25.0 Å². The molecule has 0 aliphatic carbocycles. The largest absolute Gasteiger partial charge is 0.305 e. The number of rotatable bonds is 6. The maximum atomic E-state index is 8.66. The molecule has 0 radical (unpaired) electrons. The second-order valence-corrected chi connectivity index (χ2v) is 3.93. The van der Waals surface area contributed by atoms with E-state index < -0.39 is 0 Å². The second-order valence-electron chi connectivity index (χ2n) is 3.93. The molecule has 2 heteroatoms. The van der Waals surface area contributed by atoms with Crippen molar-refractivity contribution in [2.24, 2.45) is 11.8 Å². The molecule has 0 amide bonds. The molecule has 13 heavy (non-hydrogen) atoms. The first-order valence-corrected chi connectivity index (χ1v) is 5.22. The van der Waals surface area contributed by atoms with Gasteiger partial charge in [0.25, 0.3) is 0 Å². The highest BCUT2D eigenvalue weighted by atomic mass is 15.1. The number of nitriles is 1. The summed E-state index contributed by atoms with van der Waals surface area (Å²) >= 11 is 0. The first-order chi connectivity index (χ1) is 6.13. The van der Waals surface area contributed by atoms with Crippen molar-refractivity contribution in [2.75, 3.05) is 20.1 Å². The zero-order valence-electron chi connectivity index (χ0n) is 9.38. The molecule has 0 aromatic rings. The minimum absolute atomic E-state index is 0.152. The van der Waals surface area contributed by atoms with E-state index in [1.165, 1.54) is 12.8 Å². The summed E-state index contributed by atoms with van der Waals surface area (Å²) in [5.74, 6) is 0.940. The van der Waals surface area contributed by atoms with E-state index >= 15 is 0 Å². The fourth-order valence-corrected chi connectivity index (χ4v) is 1.57. The highest BCUT2D eigenvalue weighted by Crippen LogP contribution is 2.09. The van der Waals surface area contributed by atoms with Crippen molar-refractivity contribution in [1.29, 1.82) is 5.26 Å². The van der Waals surface area contributed by atoms with Crippen molar-refractivity contribution in [1.82, 2.24) is 4.90 Å². The fourth-order valence-electron chi connectivity index (χ4n) is 1.57. The lowest BCUT2D eigenvalue weighted by atomic mass is 10.0. The van der Waals surface area contributed by atoms with E-state index in [0.29, 0.717) is 0 Å². The van der Waals surface area contributed by atoms with Gasteiger partial charge in [-0.15, -0.1) is 0 Å². The smallest absolute Gasteiger partial charge is 0.0666 e. The van der Waals surface area contributed by atoms with Gasteiger partial charge in [0, 0.05) is 13.1 Å². The van der Waals surface area contributed by atoms with Crippen LogP contribution in [0.4, 0.5) is 0 Å². The summed E-state index contributed by atoms with van der Waals surface area (Å²) in [4.78, 5) is 2.27. The predicted molar refractivity (Wildman–Crippen MR) is 56.3 cm³/mol. The third-order valence-corrected chi connectivity index (χ3v) is 2.53. The van der Waals surface area contributed by atoms with E-state index in [1.54, 1.807) is 0 Å². The van der Waals surface area contributed by atoms with Crippen LogP contribution >= 0.6 is 0 Å². The van der Waals surface area contributed by atoms with Gasteiger partial charge in [-0.25, -0.2) is 0 Å². The average molecular weight is 182 g/mol. The molecule has 0 bridgehead atoms. The third kappa shape index (κ3) is 5.65. The Hall–Kier alpha value is -0.550. The lowest BCUT2D eigenvalue weighted by Crippen LogP contribution is -2.29. The molecule has 0 spiro atoms. The number of hydrogen-bond donors (Lipinski definition) is 0. The molecule has 0 saturated heterocycles. The SMILES string of the molecule is CCC(CC)CN(C)CC(C)C#N. The zero-order chi connectivity index (χ0) is 10.3. The van der Waals surface area contributed by atoms with Crippen LogP contribution in [0, 0.1) is 23.2 Å². The molecule has 2 nitrogen and oxygen atoms in total. The van der Waals surface area contributed by atoms with Crippen molar-refractivity contribution in [3.05, 3.63) is 0 Å². The Balaban J connectivity index is 3.73. The van der Waals surface area contributed by atoms with Gasteiger partial charge in [0.2, 0.25) is 0 Å². The summed E-state index contributed by atoms with van der Waals surface area (Å²) in [5, 5.41) is 8.66. The van der Waals surface area contributed by atoms with Crippen molar-refractivity contribution in [3.63, 3.8) is 0 Å². The van der Waals surface area contributed by atoms with Crippen LogP contribution in [0.2, 0.25) is 0 Å². The van der Waals surface area contributed by atoms with Gasteiger partial charge in [-0.2, -0.15) is 5.26 Å². The quantitative estimate of drug-likeness (QED) is 0.631. The van der Waals surface area contributed by atoms with Crippen LogP contribution in [0.5, 0.6) is 0 Å². The Morgan fingerprint density at radius 1 is 1.23 bits per heavy atom. The highest BCUT2D eigenvalue weighted by molar-refractivity contribution is 4.80. The monoisotopic (exact) mass is 182 g/mol. The molecular weight excluding hydrogens is 160 g/mol. The Morgan fingerprint density at radius 3 is 2.15 bits per heavy atom. The maximum Gasteiger partial charge on any atom is 0.0666 e. The summed E-state index contributed by atoms with van der Waals surface area (Å²) in [6.45, 7) is 8.46. The predicted octanol–water partition coefficient (Wildman–Crippen LogP) is 2.51. The summed E-state index contributed by atoms with van der Waals surface area (Å²) in [6.07, 6.45) is 2.48. The normalized spacial score (nSPS) is 13.3. The molecule has 0 heterocycles. The van der Waals surface area contributed by atoms with Gasteiger partial charge >= 0.3 is 0 Å². The highest BCUT2D eigenvalue weighted by Gasteiger charge is 2.09. The molecule has 76 valence electrons. The van der Waals surface area contributed by atoms with Gasteiger partial charge in [0.05, 0.1) is 12.0 Å². The van der Waals surface area contributed by atoms with Crippen LogP contribution in [0.3, 0.4) is 0 Å². The lowest BCUT2D eigenvalue weighted by molar-refractivity contribution is 0.252. The van der Waals surface area contributed by atoms with Gasteiger partial charge in [-0.1, -0.05) is 26.7 Å². The Morgan fingerprint density at radius 2 is 1.77 bits per heavy atom. The molecular formula is C11H22N2. The van der Waals surface area contributed by atoms with Gasteiger partial charge in [-0.05, 0) is 19.9 Å². The molecule has 0 rings (SSSR count). The molecule has 0 fully saturated rings. The Labute approximate surface area is 82.5 Å². The maximum absolute atomic E-state index is 8.66. The third-order valence-electron chi connectivity index (χ3n) is 2.53. The number of nitrogens with zero attached hydrogens (tertiary/aromatic N) is 2. The zero-order valence-corrected chi connectivity index (χ0v) is 9.38. The van der Waals surface area contributed by atoms with Crippen LogP contribution < -0.4 is 0 Å². The lowest BCUT2D eigenvalue weighted by Gasteiger charge is -2.22. The van der Waals surface area contributed by atoms with Crippen LogP contribution in [-0.2, 0) is 0 Å². The molecule has 1 atom stereocenters. The van der Waals surface area contributed by atoms with Gasteiger partial charge in [0.1, 0.15) is 0 Å². The topological polar surface area (TPSA) is 27.0 Å². The van der Waals surface area contributed by atoms with Crippen molar-refractivity contribution < 1.29 is 0 Å². The standard InChI is InChI=1S/C11H22N2/c1-5-11(6-2)9-13(4)8-10(3)7-12/h10-11H,5-6,8-9H2,1-4H3. The van der Waals surface area contributed by atoms with Gasteiger partial charge < -0.3 is 4.90 Å². The number of hydrogen-bond acceptors (Lipinski definition) is 2. The second kappa shape index (κ2) is 6.91. The van der Waals surface area contributed by atoms with Crippen LogP contribution in [0.25, 0.3) is 0 Å². The van der Waals surface area contributed by atoms with Crippen LogP contribution in [0.15, 0.2) is 0 Å². The molecule has 0 N–H and O–H groups in total. The molecule has 0 aliphatic heterocycles. The first kappa shape index (κ1) is 12.4. The minimum atomic E-state index is 0.152. The van der Waals surface area contributed by atoms with Gasteiger partial charge in [0.15, 0.2) is 0 Å². The summed E-state index contributed by atoms with van der Waals surface area (Å²) < 4.78 is 0. The Bertz CT molecular complexity index is 156. The average Bonchev–Trinajstić information content (AvgIpc) is 2.13. The molecule has 0 saturated carbocycles. The minimum Gasteiger partial charge on any atom is -0.305 e. The van der Waals surface area contributed by atoms with Crippen molar-refractivity contribution in [2.45, 2.75) is 33.6 Å². The summed E-state index contributed by atoms with van der Waals surface area (Å²) in [7, 11) is 2.10. The summed E-state index contributed by atoms with van der Waals surface area (Å²) in [5.41, 5.74) is 0. The Kier molecular flexibility index (Phi) is 6.62. The van der Waals surface area contributed by atoms with E-state index in [2.05, 4.69) is 31.9 Å². The van der Waals surface area contributed by atoms with E-state index in [9.17, 15) is 0 Å². The van der Waals surface area contributed by atoms with E-state index in [-0.39, 0.29) is 5.92 Å². The molecule has 0 aromatic heterocycles. The van der Waals surface area contributed by atoms with Crippen LogP contribution in [0.1, 0.15) is 33.6 Å². The molecule has 1 unspecified atom stereocenters. The van der Waals surface area contributed by atoms with E-state index in [0.717, 1.165) is 19.0 Å². The van der Waals surface area contributed by atoms with E-state index in [1.807, 2.05) is 6.92 Å². The first-order valence-electron chi connectivity index (χ1n) is 5.22. The van der Waals surface area contributed by atoms with E-state index in [4.69, 9.17) is 5.26 Å². The van der Waals surface area contributed by atoms with Gasteiger partial charge in [-0.3, -0.25) is 0 Å². The van der Waals surface area contributed by atoms with Crippen molar-refractivity contribution in [3.8, 4) is 6.07 Å². The molecule has 0 aliphatic rings. The molecule has 0 aromatic carbocycles. The van der Waals surface area contributed by atoms with Crippen molar-refractivity contribution >= 4 is 0 Å². The fraction of sp³-hybridized carbons (Fsp3) is 0.909.